The Kier molecular flexibility index (Phi) is 4.76. The molecule has 0 bridgehead atoms. The van der Waals surface area contributed by atoms with Gasteiger partial charge in [-0.3, -0.25) is 4.79 Å². The maximum absolute atomic E-state index is 12.0. The quantitative estimate of drug-likeness (QED) is 0.812. The molecule has 2 heterocycles. The Morgan fingerprint density at radius 1 is 1.37 bits per heavy atom. The molecule has 6 heteroatoms. The van der Waals surface area contributed by atoms with Gasteiger partial charge in [0.15, 0.2) is 6.10 Å². The van der Waals surface area contributed by atoms with Gasteiger partial charge >= 0.3 is 5.97 Å². The van der Waals surface area contributed by atoms with Gasteiger partial charge in [-0.05, 0) is 26.2 Å². The second kappa shape index (κ2) is 6.34. The fourth-order valence-electron chi connectivity index (χ4n) is 2.57. The van der Waals surface area contributed by atoms with E-state index in [1.807, 2.05) is 6.92 Å². The smallest absolute Gasteiger partial charge is 0.334 e. The lowest BCUT2D eigenvalue weighted by Crippen LogP contribution is -2.48. The lowest BCUT2D eigenvalue weighted by atomic mass is 10.1. The summed E-state index contributed by atoms with van der Waals surface area (Å²) in [4.78, 5) is 24.5. The van der Waals surface area contributed by atoms with E-state index in [2.05, 4.69) is 0 Å². The summed E-state index contributed by atoms with van der Waals surface area (Å²) in [6, 6.07) is 0. The van der Waals surface area contributed by atoms with E-state index in [1.54, 1.807) is 4.90 Å². The van der Waals surface area contributed by atoms with Gasteiger partial charge in [-0.15, -0.1) is 0 Å². The summed E-state index contributed by atoms with van der Waals surface area (Å²) in [5.74, 6) is -1.01. The molecule has 0 aromatic carbocycles. The molecule has 0 aliphatic carbocycles. The van der Waals surface area contributed by atoms with Crippen molar-refractivity contribution in [2.24, 2.45) is 0 Å². The first kappa shape index (κ1) is 14.3. The number of morpholine rings is 1. The fourth-order valence-corrected chi connectivity index (χ4v) is 2.57. The molecule has 0 aromatic heterocycles. The van der Waals surface area contributed by atoms with Gasteiger partial charge in [0, 0.05) is 13.0 Å². The van der Waals surface area contributed by atoms with Crippen LogP contribution in [0.4, 0.5) is 0 Å². The van der Waals surface area contributed by atoms with Crippen molar-refractivity contribution < 1.29 is 24.2 Å². The Hall–Kier alpha value is -1.14. The van der Waals surface area contributed by atoms with Gasteiger partial charge in [0.1, 0.15) is 0 Å². The van der Waals surface area contributed by atoms with Crippen LogP contribution in [0.3, 0.4) is 0 Å². The molecule has 3 atom stereocenters. The summed E-state index contributed by atoms with van der Waals surface area (Å²) >= 11 is 0. The van der Waals surface area contributed by atoms with Crippen LogP contribution in [-0.4, -0.2) is 59.9 Å². The molecule has 0 unspecified atom stereocenters. The normalized spacial score (nSPS) is 31.4. The Labute approximate surface area is 112 Å². The zero-order chi connectivity index (χ0) is 13.8. The largest absolute Gasteiger partial charge is 0.479 e. The number of aliphatic carboxylic acids is 1. The van der Waals surface area contributed by atoms with Crippen LogP contribution >= 0.6 is 0 Å². The number of amides is 1. The number of carboxylic acids is 1. The summed E-state index contributed by atoms with van der Waals surface area (Å²) in [6.07, 6.45) is 2.78. The van der Waals surface area contributed by atoms with E-state index in [4.69, 9.17) is 14.6 Å². The average molecular weight is 271 g/mol. The number of nitrogens with zero attached hydrogens (tertiary/aromatic N) is 1. The number of carbonyl (C=O) groups excluding carboxylic acids is 1. The van der Waals surface area contributed by atoms with E-state index in [0.717, 1.165) is 19.3 Å². The van der Waals surface area contributed by atoms with Gasteiger partial charge in [-0.2, -0.15) is 0 Å². The van der Waals surface area contributed by atoms with Crippen molar-refractivity contribution in [3.05, 3.63) is 0 Å². The summed E-state index contributed by atoms with van der Waals surface area (Å²) in [5, 5.41) is 8.89. The highest BCUT2D eigenvalue weighted by atomic mass is 16.5. The molecular weight excluding hydrogens is 250 g/mol. The van der Waals surface area contributed by atoms with Crippen molar-refractivity contribution in [2.45, 2.75) is 50.9 Å². The summed E-state index contributed by atoms with van der Waals surface area (Å²) in [7, 11) is 0. The number of ether oxygens (including phenoxy) is 2. The molecule has 0 spiro atoms. The van der Waals surface area contributed by atoms with Crippen LogP contribution in [0.25, 0.3) is 0 Å². The van der Waals surface area contributed by atoms with Crippen molar-refractivity contribution >= 4 is 11.9 Å². The maximum Gasteiger partial charge on any atom is 0.334 e. The molecule has 6 nitrogen and oxygen atoms in total. The number of hydrogen-bond donors (Lipinski definition) is 1. The molecule has 2 rings (SSSR count). The molecular formula is C13H21NO5. The van der Waals surface area contributed by atoms with Gasteiger partial charge in [-0.25, -0.2) is 4.79 Å². The number of carboxylic acid groups (broad SMARTS) is 1. The van der Waals surface area contributed by atoms with E-state index >= 15 is 0 Å². The number of carbonyl (C=O) groups is 2. The highest BCUT2D eigenvalue weighted by Crippen LogP contribution is 2.23. The average Bonchev–Trinajstić information content (AvgIpc) is 2.82. The van der Waals surface area contributed by atoms with Crippen molar-refractivity contribution in [1.29, 1.82) is 0 Å². The molecule has 0 saturated carbocycles. The monoisotopic (exact) mass is 271 g/mol. The first-order chi connectivity index (χ1) is 9.06. The van der Waals surface area contributed by atoms with E-state index < -0.39 is 12.1 Å². The van der Waals surface area contributed by atoms with Gasteiger partial charge in [0.25, 0.3) is 0 Å². The number of rotatable bonds is 4. The molecule has 2 aliphatic rings. The Bertz CT molecular complexity index is 346. The van der Waals surface area contributed by atoms with Crippen LogP contribution in [0.15, 0.2) is 0 Å². The molecule has 2 fully saturated rings. The van der Waals surface area contributed by atoms with E-state index in [9.17, 15) is 9.59 Å². The summed E-state index contributed by atoms with van der Waals surface area (Å²) in [5.41, 5.74) is 0. The van der Waals surface area contributed by atoms with Crippen LogP contribution in [0, 0.1) is 0 Å². The van der Waals surface area contributed by atoms with Gasteiger partial charge in [0.2, 0.25) is 5.91 Å². The third-order valence-corrected chi connectivity index (χ3v) is 3.69. The van der Waals surface area contributed by atoms with E-state index in [-0.39, 0.29) is 18.6 Å². The van der Waals surface area contributed by atoms with Crippen LogP contribution in [-0.2, 0) is 19.1 Å². The zero-order valence-corrected chi connectivity index (χ0v) is 11.2. The Balaban J connectivity index is 1.74. The second-order valence-electron chi connectivity index (χ2n) is 5.22. The standard InChI is InChI=1S/C13H21NO5/c1-9-2-3-10(19-9)4-5-12(15)14-6-7-18-11(8-14)13(16)17/h9-11H,2-8H2,1H3,(H,16,17)/t9-,10+,11+/m1/s1. The first-order valence-corrected chi connectivity index (χ1v) is 6.84. The molecule has 19 heavy (non-hydrogen) atoms. The molecule has 0 aromatic rings. The van der Waals surface area contributed by atoms with Crippen LogP contribution in [0.1, 0.15) is 32.6 Å². The van der Waals surface area contributed by atoms with Crippen molar-refractivity contribution in [2.75, 3.05) is 19.7 Å². The zero-order valence-electron chi connectivity index (χ0n) is 11.2. The van der Waals surface area contributed by atoms with Crippen LogP contribution < -0.4 is 0 Å². The first-order valence-electron chi connectivity index (χ1n) is 6.84. The van der Waals surface area contributed by atoms with E-state index in [1.165, 1.54) is 0 Å². The predicted molar refractivity (Wildman–Crippen MR) is 66.8 cm³/mol. The maximum atomic E-state index is 12.0. The molecule has 1 amide bonds. The Morgan fingerprint density at radius 2 is 2.16 bits per heavy atom. The fraction of sp³-hybridized carbons (Fsp3) is 0.846. The summed E-state index contributed by atoms with van der Waals surface area (Å²) < 4.78 is 10.8. The van der Waals surface area contributed by atoms with Gasteiger partial charge in [-0.1, -0.05) is 0 Å². The topological polar surface area (TPSA) is 76.1 Å². The molecule has 2 aliphatic heterocycles. The Morgan fingerprint density at radius 3 is 2.79 bits per heavy atom. The minimum Gasteiger partial charge on any atom is -0.479 e. The van der Waals surface area contributed by atoms with E-state index in [0.29, 0.717) is 25.7 Å². The molecule has 108 valence electrons. The minimum atomic E-state index is -1.01. The highest BCUT2D eigenvalue weighted by molar-refractivity contribution is 5.78. The molecule has 1 N–H and O–H groups in total. The van der Waals surface area contributed by atoms with Crippen LogP contribution in [0.2, 0.25) is 0 Å². The van der Waals surface area contributed by atoms with Gasteiger partial charge < -0.3 is 19.5 Å². The van der Waals surface area contributed by atoms with Crippen molar-refractivity contribution in [3.63, 3.8) is 0 Å². The van der Waals surface area contributed by atoms with Crippen molar-refractivity contribution in [1.82, 2.24) is 4.90 Å². The minimum absolute atomic E-state index is 0.00213. The second-order valence-corrected chi connectivity index (χ2v) is 5.22. The predicted octanol–water partition coefficient (Wildman–Crippen LogP) is 0.646. The highest BCUT2D eigenvalue weighted by Gasteiger charge is 2.29. The lowest BCUT2D eigenvalue weighted by Gasteiger charge is -2.31. The molecule has 2 saturated heterocycles. The van der Waals surface area contributed by atoms with Crippen LogP contribution in [0.5, 0.6) is 0 Å². The third-order valence-electron chi connectivity index (χ3n) is 3.69. The third kappa shape index (κ3) is 3.91. The van der Waals surface area contributed by atoms with Crippen molar-refractivity contribution in [3.8, 4) is 0 Å². The SMILES string of the molecule is C[C@@H]1CC[C@@H](CCC(=O)N2CCO[C@H](C(=O)O)C2)O1. The van der Waals surface area contributed by atoms with Gasteiger partial charge in [0.05, 0.1) is 25.4 Å². The summed E-state index contributed by atoms with van der Waals surface area (Å²) in [6.45, 7) is 2.96. The lowest BCUT2D eigenvalue weighted by molar-refractivity contribution is -0.159. The molecule has 0 radical (unpaired) electrons. The number of hydrogen-bond acceptors (Lipinski definition) is 4.